The van der Waals surface area contributed by atoms with E-state index < -0.39 is 0 Å². The van der Waals surface area contributed by atoms with Crippen molar-refractivity contribution in [1.29, 1.82) is 0 Å². The van der Waals surface area contributed by atoms with Crippen molar-refractivity contribution in [1.82, 2.24) is 9.78 Å². The van der Waals surface area contributed by atoms with Crippen LogP contribution < -0.4 is 0 Å². The normalized spacial score (nSPS) is 20.9. The van der Waals surface area contributed by atoms with Crippen LogP contribution in [0.4, 0.5) is 5.82 Å². The highest BCUT2D eigenvalue weighted by Gasteiger charge is 2.13. The molecule has 6 heteroatoms. The highest BCUT2D eigenvalue weighted by molar-refractivity contribution is 6.76. The van der Waals surface area contributed by atoms with Crippen molar-refractivity contribution in [2.45, 2.75) is 13.3 Å². The lowest BCUT2D eigenvalue weighted by molar-refractivity contribution is 0.475. The van der Waals surface area contributed by atoms with Crippen LogP contribution in [0, 0.1) is 6.92 Å². The molecule has 0 bridgehead atoms. The molecule has 23 heavy (non-hydrogen) atoms. The fraction of sp³-hybridized carbons (Fsp3) is 0.118. The molecule has 0 fully saturated rings. The third kappa shape index (κ3) is 3.24. The molecule has 0 atom stereocenters. The number of fused-ring (bicyclic) bond motifs is 1. The van der Waals surface area contributed by atoms with Crippen molar-refractivity contribution in [3.05, 3.63) is 54.2 Å². The zero-order chi connectivity index (χ0) is 16.4. The predicted molar refractivity (Wildman–Crippen MR) is 94.4 cm³/mol. The number of hydrogen-bond acceptors (Lipinski definition) is 4. The number of rotatable bonds is 1. The van der Waals surface area contributed by atoms with Crippen LogP contribution in [0.1, 0.15) is 17.7 Å². The molecule has 116 valence electrons. The molecule has 2 aromatic rings. The van der Waals surface area contributed by atoms with Gasteiger partial charge in [0.1, 0.15) is 16.7 Å². The van der Waals surface area contributed by atoms with Gasteiger partial charge in [0.05, 0.1) is 5.69 Å². The molecule has 5 nitrogen and oxygen atoms in total. The lowest BCUT2D eigenvalue weighted by Crippen LogP contribution is -2.02. The average molecular weight is 327 g/mol. The summed E-state index contributed by atoms with van der Waals surface area (Å²) in [4.78, 5) is 8.74. The summed E-state index contributed by atoms with van der Waals surface area (Å²) >= 11 is 6.39. The van der Waals surface area contributed by atoms with Gasteiger partial charge in [-0.2, -0.15) is 9.78 Å². The highest BCUT2D eigenvalue weighted by Crippen LogP contribution is 2.26. The van der Waals surface area contributed by atoms with Crippen molar-refractivity contribution in [2.75, 3.05) is 0 Å². The van der Waals surface area contributed by atoms with Crippen LogP contribution in [0.15, 0.2) is 53.0 Å². The lowest BCUT2D eigenvalue weighted by Gasteiger charge is -2.10. The van der Waals surface area contributed by atoms with Crippen LogP contribution in [-0.4, -0.2) is 26.3 Å². The first kappa shape index (κ1) is 15.2. The SMILES string of the molecule is C=C1/N=C(Cl)\C(c2cccc(O)c2)=C/C/C=N\c2cc(C)nn21. The number of nitrogens with zero attached hydrogens (tertiary/aromatic N) is 4. The molecule has 0 aliphatic carbocycles. The Hall–Kier alpha value is -2.66. The summed E-state index contributed by atoms with van der Waals surface area (Å²) in [5.41, 5.74) is 2.31. The minimum atomic E-state index is 0.169. The third-order valence-corrected chi connectivity index (χ3v) is 3.60. The molecule has 0 spiro atoms. The summed E-state index contributed by atoms with van der Waals surface area (Å²) in [5.74, 6) is 1.21. The van der Waals surface area contributed by atoms with E-state index in [-0.39, 0.29) is 10.9 Å². The van der Waals surface area contributed by atoms with E-state index in [1.54, 1.807) is 29.1 Å². The minimum Gasteiger partial charge on any atom is -0.508 e. The standard InChI is InChI=1S/C17H15ClN4O/c1-11-9-16-19-8-4-7-15(13-5-3-6-14(23)10-13)17(18)20-12(2)22(16)21-11/h3,5-10,23H,2,4H2,1H3/b15-7-,19-8-,20-17+. The Kier molecular flexibility index (Phi) is 4.12. The van der Waals surface area contributed by atoms with E-state index in [4.69, 9.17) is 11.6 Å². The van der Waals surface area contributed by atoms with Gasteiger partial charge in [-0.05, 0) is 24.6 Å². The first-order valence-electron chi connectivity index (χ1n) is 7.07. The lowest BCUT2D eigenvalue weighted by atomic mass is 10.1. The molecule has 0 saturated carbocycles. The van der Waals surface area contributed by atoms with E-state index in [0.717, 1.165) is 11.3 Å². The van der Waals surface area contributed by atoms with Crippen molar-refractivity contribution in [3.63, 3.8) is 0 Å². The van der Waals surface area contributed by atoms with Gasteiger partial charge in [0.15, 0.2) is 5.82 Å². The molecule has 2 heterocycles. The summed E-state index contributed by atoms with van der Waals surface area (Å²) in [6, 6.07) is 8.71. The highest BCUT2D eigenvalue weighted by atomic mass is 35.5. The van der Waals surface area contributed by atoms with Gasteiger partial charge in [-0.15, -0.1) is 0 Å². The molecule has 1 N–H and O–H groups in total. The molecule has 1 aliphatic heterocycles. The van der Waals surface area contributed by atoms with E-state index in [0.29, 0.717) is 23.6 Å². The quantitative estimate of drug-likeness (QED) is 0.855. The molecule has 1 aromatic carbocycles. The van der Waals surface area contributed by atoms with E-state index in [2.05, 4.69) is 21.7 Å². The van der Waals surface area contributed by atoms with Crippen LogP contribution in [0.5, 0.6) is 5.75 Å². The molecule has 0 radical (unpaired) electrons. The monoisotopic (exact) mass is 326 g/mol. The number of phenols is 1. The maximum absolute atomic E-state index is 9.67. The fourth-order valence-corrected chi connectivity index (χ4v) is 2.58. The number of hydrogen-bond donors (Lipinski definition) is 1. The Balaban J connectivity index is 2.08. The first-order valence-corrected chi connectivity index (χ1v) is 7.45. The molecular weight excluding hydrogens is 312 g/mol. The van der Waals surface area contributed by atoms with Gasteiger partial charge in [0.25, 0.3) is 0 Å². The van der Waals surface area contributed by atoms with Crippen LogP contribution in [0.3, 0.4) is 0 Å². The smallest absolute Gasteiger partial charge is 0.157 e. The molecule has 1 aliphatic rings. The van der Waals surface area contributed by atoms with E-state index in [1.807, 2.05) is 25.1 Å². The van der Waals surface area contributed by atoms with E-state index in [9.17, 15) is 5.11 Å². The van der Waals surface area contributed by atoms with Crippen LogP contribution >= 0.6 is 11.6 Å². The van der Waals surface area contributed by atoms with Gasteiger partial charge in [0.2, 0.25) is 0 Å². The molecule has 0 saturated heterocycles. The van der Waals surface area contributed by atoms with Crippen LogP contribution in [0.25, 0.3) is 11.4 Å². The Morgan fingerprint density at radius 3 is 2.91 bits per heavy atom. The summed E-state index contributed by atoms with van der Waals surface area (Å²) in [6.07, 6.45) is 4.27. The van der Waals surface area contributed by atoms with Gasteiger partial charge >= 0.3 is 0 Å². The second kappa shape index (κ2) is 6.22. The molecule has 1 aromatic heterocycles. The summed E-state index contributed by atoms with van der Waals surface area (Å²) in [5, 5.41) is 14.3. The number of aryl methyl sites for hydroxylation is 1. The number of benzene rings is 1. The van der Waals surface area contributed by atoms with E-state index in [1.165, 1.54) is 0 Å². The second-order valence-electron chi connectivity index (χ2n) is 5.09. The molecule has 0 amide bonds. The Labute approximate surface area is 139 Å². The Bertz CT molecular complexity index is 861. The van der Waals surface area contributed by atoms with Crippen molar-refractivity contribution in [2.24, 2.45) is 9.98 Å². The average Bonchev–Trinajstić information content (AvgIpc) is 2.87. The van der Waals surface area contributed by atoms with Gasteiger partial charge in [0, 0.05) is 24.3 Å². The minimum absolute atomic E-state index is 0.169. The predicted octanol–water partition coefficient (Wildman–Crippen LogP) is 4.15. The topological polar surface area (TPSA) is 62.8 Å². The maximum Gasteiger partial charge on any atom is 0.157 e. The maximum atomic E-state index is 9.67. The first-order chi connectivity index (χ1) is 11.0. The van der Waals surface area contributed by atoms with Crippen LogP contribution in [0.2, 0.25) is 0 Å². The zero-order valence-electron chi connectivity index (χ0n) is 12.6. The van der Waals surface area contributed by atoms with Crippen LogP contribution in [-0.2, 0) is 0 Å². The summed E-state index contributed by atoms with van der Waals surface area (Å²) < 4.78 is 1.56. The number of halogens is 1. The number of aromatic hydroxyl groups is 1. The van der Waals surface area contributed by atoms with Crippen molar-refractivity contribution < 1.29 is 5.11 Å². The Morgan fingerprint density at radius 2 is 2.13 bits per heavy atom. The second-order valence-corrected chi connectivity index (χ2v) is 5.45. The number of allylic oxidation sites excluding steroid dienone is 2. The number of phenolic OH excluding ortho intramolecular Hbond substituents is 1. The summed E-state index contributed by atoms with van der Waals surface area (Å²) in [7, 11) is 0. The van der Waals surface area contributed by atoms with Gasteiger partial charge in [-0.1, -0.05) is 36.4 Å². The fourth-order valence-electron chi connectivity index (χ4n) is 2.30. The number of aliphatic imine (C=N–C) groups is 2. The van der Waals surface area contributed by atoms with Gasteiger partial charge in [-0.25, -0.2) is 9.98 Å². The largest absolute Gasteiger partial charge is 0.508 e. The van der Waals surface area contributed by atoms with Crippen molar-refractivity contribution in [3.8, 4) is 5.75 Å². The zero-order valence-corrected chi connectivity index (χ0v) is 13.3. The van der Waals surface area contributed by atoms with Gasteiger partial charge < -0.3 is 5.11 Å². The molecule has 0 unspecified atom stereocenters. The summed E-state index contributed by atoms with van der Waals surface area (Å²) in [6.45, 7) is 5.80. The molecular formula is C17H15ClN4O. The van der Waals surface area contributed by atoms with E-state index >= 15 is 0 Å². The Morgan fingerprint density at radius 1 is 1.30 bits per heavy atom. The van der Waals surface area contributed by atoms with Gasteiger partial charge in [-0.3, -0.25) is 0 Å². The number of aromatic nitrogens is 2. The van der Waals surface area contributed by atoms with Crippen molar-refractivity contribution >= 4 is 40.2 Å². The molecule has 3 rings (SSSR count). The third-order valence-electron chi connectivity index (χ3n) is 3.31.